The number of hydrogen-bond acceptors (Lipinski definition) is 6. The van der Waals surface area contributed by atoms with Crippen molar-refractivity contribution in [3.8, 4) is 0 Å². The lowest BCUT2D eigenvalue weighted by Gasteiger charge is -2.34. The van der Waals surface area contributed by atoms with E-state index in [1.165, 1.54) is 0 Å². The minimum Gasteiger partial charge on any atom is -0.369 e. The van der Waals surface area contributed by atoms with Gasteiger partial charge in [0, 0.05) is 43.6 Å². The summed E-state index contributed by atoms with van der Waals surface area (Å²) in [5.41, 5.74) is 1.75. The molecule has 2 aliphatic heterocycles. The Bertz CT molecular complexity index is 786. The second-order valence-electron chi connectivity index (χ2n) is 7.23. The molecule has 0 radical (unpaired) electrons. The fourth-order valence-electron chi connectivity index (χ4n) is 3.36. The van der Waals surface area contributed by atoms with Gasteiger partial charge in [0.25, 0.3) is 0 Å². The molecule has 2 saturated heterocycles. The molecule has 1 aromatic carbocycles. The van der Waals surface area contributed by atoms with Gasteiger partial charge in [-0.1, -0.05) is 0 Å². The van der Waals surface area contributed by atoms with Crippen LogP contribution in [0.2, 0.25) is 0 Å². The predicted molar refractivity (Wildman–Crippen MR) is 105 cm³/mol. The van der Waals surface area contributed by atoms with Crippen molar-refractivity contribution in [2.45, 2.75) is 18.9 Å². The van der Waals surface area contributed by atoms with Crippen molar-refractivity contribution in [1.29, 1.82) is 0 Å². The maximum absolute atomic E-state index is 12.0. The number of nitrogens with one attached hydrogen (secondary N) is 2. The summed E-state index contributed by atoms with van der Waals surface area (Å²) in [7, 11) is -0.948. The molecule has 1 aromatic rings. The topological polar surface area (TPSA) is 98.8 Å². The van der Waals surface area contributed by atoms with Crippen molar-refractivity contribution in [3.63, 3.8) is 0 Å². The molecule has 0 saturated carbocycles. The Hall–Kier alpha value is -2.13. The van der Waals surface area contributed by atoms with E-state index in [9.17, 15) is 18.0 Å². The van der Waals surface area contributed by atoms with Gasteiger partial charge in [0.05, 0.1) is 11.5 Å². The van der Waals surface area contributed by atoms with Crippen LogP contribution >= 0.6 is 0 Å². The van der Waals surface area contributed by atoms with Crippen LogP contribution in [0.25, 0.3) is 0 Å². The fraction of sp³-hybridized carbons (Fsp3) is 0.556. The minimum absolute atomic E-state index is 0.0475. The number of piperazine rings is 1. The van der Waals surface area contributed by atoms with Crippen LogP contribution in [0, 0.1) is 0 Å². The maximum Gasteiger partial charge on any atom is 0.233 e. The Morgan fingerprint density at radius 3 is 2.33 bits per heavy atom. The smallest absolute Gasteiger partial charge is 0.233 e. The van der Waals surface area contributed by atoms with E-state index in [0.29, 0.717) is 12.1 Å². The zero-order valence-corrected chi connectivity index (χ0v) is 16.3. The van der Waals surface area contributed by atoms with Gasteiger partial charge in [-0.05, 0) is 37.7 Å². The third-order valence-corrected chi connectivity index (χ3v) is 6.71. The number of sulfone groups is 1. The number of nitrogens with zero attached hydrogens (tertiary/aromatic N) is 2. The van der Waals surface area contributed by atoms with Crippen LogP contribution in [0.4, 0.5) is 11.4 Å². The first-order valence-corrected chi connectivity index (χ1v) is 11.0. The maximum atomic E-state index is 12.0. The van der Waals surface area contributed by atoms with E-state index in [1.54, 1.807) is 0 Å². The molecule has 148 valence electrons. The lowest BCUT2D eigenvalue weighted by Crippen LogP contribution is -2.44. The largest absolute Gasteiger partial charge is 0.369 e. The molecule has 2 N–H and O–H groups in total. The van der Waals surface area contributed by atoms with Gasteiger partial charge in [-0.2, -0.15) is 0 Å². The molecule has 3 rings (SSSR count). The van der Waals surface area contributed by atoms with Gasteiger partial charge in [-0.15, -0.1) is 0 Å². The molecule has 8 nitrogen and oxygen atoms in total. The number of hydrogen-bond donors (Lipinski definition) is 2. The van der Waals surface area contributed by atoms with E-state index < -0.39 is 27.7 Å². The number of anilines is 2. The Labute approximate surface area is 159 Å². The molecule has 1 unspecified atom stereocenters. The second kappa shape index (κ2) is 8.26. The fourth-order valence-corrected chi connectivity index (χ4v) is 5.03. The summed E-state index contributed by atoms with van der Waals surface area (Å²) in [6.07, 6.45) is 0.0835. The summed E-state index contributed by atoms with van der Waals surface area (Å²) < 4.78 is 22.8. The van der Waals surface area contributed by atoms with E-state index in [0.717, 1.165) is 31.9 Å². The molecular weight excluding hydrogens is 368 g/mol. The van der Waals surface area contributed by atoms with E-state index in [4.69, 9.17) is 0 Å². The SMILES string of the molecule is CN1CCN(c2ccc(NC(=O)CC(=O)NC3CCS(=O)(=O)C3)cc2)CC1. The van der Waals surface area contributed by atoms with Crippen molar-refractivity contribution in [2.75, 3.05) is 54.9 Å². The van der Waals surface area contributed by atoms with Crippen LogP contribution in [0.5, 0.6) is 0 Å². The van der Waals surface area contributed by atoms with E-state index in [-0.39, 0.29) is 17.9 Å². The number of carbonyl (C=O) groups is 2. The summed E-state index contributed by atoms with van der Waals surface area (Å²) >= 11 is 0. The van der Waals surface area contributed by atoms with Crippen molar-refractivity contribution in [2.24, 2.45) is 0 Å². The summed E-state index contributed by atoms with van der Waals surface area (Å²) in [6, 6.07) is 7.19. The number of rotatable bonds is 5. The number of likely N-dealkylation sites (N-methyl/N-ethyl adjacent to an activating group) is 1. The molecule has 2 fully saturated rings. The summed E-state index contributed by atoms with van der Waals surface area (Å²) in [5, 5.41) is 5.32. The molecule has 2 amide bonds. The lowest BCUT2D eigenvalue weighted by atomic mass is 10.2. The normalized spacial score (nSPS) is 22.4. The minimum atomic E-state index is -3.06. The summed E-state index contributed by atoms with van der Waals surface area (Å²) in [5.74, 6) is -0.831. The molecule has 0 bridgehead atoms. The van der Waals surface area contributed by atoms with Gasteiger partial charge in [-0.25, -0.2) is 8.42 Å². The monoisotopic (exact) mass is 394 g/mol. The number of amides is 2. The molecule has 0 aromatic heterocycles. The van der Waals surface area contributed by atoms with Gasteiger partial charge in [0.1, 0.15) is 6.42 Å². The van der Waals surface area contributed by atoms with Gasteiger partial charge in [-0.3, -0.25) is 9.59 Å². The highest BCUT2D eigenvalue weighted by molar-refractivity contribution is 7.91. The predicted octanol–water partition coefficient (Wildman–Crippen LogP) is 0.0703. The highest BCUT2D eigenvalue weighted by atomic mass is 32.2. The number of carbonyl (C=O) groups excluding carboxylic acids is 2. The first kappa shape index (κ1) is 19.6. The number of benzene rings is 1. The van der Waals surface area contributed by atoms with Crippen molar-refractivity contribution in [1.82, 2.24) is 10.2 Å². The van der Waals surface area contributed by atoms with Crippen LogP contribution in [0.1, 0.15) is 12.8 Å². The van der Waals surface area contributed by atoms with E-state index in [2.05, 4.69) is 27.5 Å². The van der Waals surface area contributed by atoms with Crippen LogP contribution in [-0.4, -0.2) is 75.9 Å². The van der Waals surface area contributed by atoms with Crippen LogP contribution in [0.3, 0.4) is 0 Å². The van der Waals surface area contributed by atoms with Gasteiger partial charge < -0.3 is 20.4 Å². The molecule has 2 heterocycles. The van der Waals surface area contributed by atoms with E-state index in [1.807, 2.05) is 24.3 Å². The molecule has 0 spiro atoms. The van der Waals surface area contributed by atoms with Crippen LogP contribution in [0.15, 0.2) is 24.3 Å². The Morgan fingerprint density at radius 2 is 1.74 bits per heavy atom. The molecule has 1 atom stereocenters. The highest BCUT2D eigenvalue weighted by Crippen LogP contribution is 2.19. The van der Waals surface area contributed by atoms with Crippen molar-refractivity contribution in [3.05, 3.63) is 24.3 Å². The highest BCUT2D eigenvalue weighted by Gasteiger charge is 2.29. The van der Waals surface area contributed by atoms with Gasteiger partial charge in [0.2, 0.25) is 11.8 Å². The first-order valence-electron chi connectivity index (χ1n) is 9.14. The molecule has 9 heteroatoms. The van der Waals surface area contributed by atoms with Gasteiger partial charge >= 0.3 is 0 Å². The summed E-state index contributed by atoms with van der Waals surface area (Å²) in [4.78, 5) is 28.6. The Balaban J connectivity index is 1.45. The van der Waals surface area contributed by atoms with E-state index >= 15 is 0 Å². The molecule has 0 aliphatic carbocycles. The Kier molecular flexibility index (Phi) is 6.01. The molecule has 2 aliphatic rings. The molecule has 27 heavy (non-hydrogen) atoms. The first-order chi connectivity index (χ1) is 12.8. The third-order valence-electron chi connectivity index (χ3n) is 4.94. The standard InChI is InChI=1S/C18H26N4O4S/c1-21-7-9-22(10-8-21)16-4-2-14(3-5-16)19-17(23)12-18(24)20-15-6-11-27(25,26)13-15/h2-5,15H,6-13H2,1H3,(H,19,23)(H,20,24). The van der Waals surface area contributed by atoms with Crippen molar-refractivity contribution < 1.29 is 18.0 Å². The van der Waals surface area contributed by atoms with Gasteiger partial charge in [0.15, 0.2) is 9.84 Å². The second-order valence-corrected chi connectivity index (χ2v) is 9.46. The Morgan fingerprint density at radius 1 is 1.07 bits per heavy atom. The van der Waals surface area contributed by atoms with Crippen LogP contribution < -0.4 is 15.5 Å². The molecular formula is C18H26N4O4S. The average Bonchev–Trinajstić information content (AvgIpc) is 2.94. The van der Waals surface area contributed by atoms with Crippen molar-refractivity contribution >= 4 is 33.0 Å². The van der Waals surface area contributed by atoms with Crippen LogP contribution in [-0.2, 0) is 19.4 Å². The quantitative estimate of drug-likeness (QED) is 0.686. The third kappa shape index (κ3) is 5.67. The zero-order valence-electron chi connectivity index (χ0n) is 15.5. The lowest BCUT2D eigenvalue weighted by molar-refractivity contribution is -0.127. The summed E-state index contributed by atoms with van der Waals surface area (Å²) in [6.45, 7) is 3.99. The zero-order chi connectivity index (χ0) is 19.4. The average molecular weight is 394 g/mol.